The maximum atomic E-state index is 15.6. The van der Waals surface area contributed by atoms with E-state index in [1.807, 2.05) is 4.90 Å². The minimum atomic E-state index is -0.725. The number of rotatable bonds is 2. The summed E-state index contributed by atoms with van der Waals surface area (Å²) in [4.78, 5) is 10.7. The second kappa shape index (κ2) is 7.10. The second-order valence-electron chi connectivity index (χ2n) is 7.22. The molecule has 2 aromatic heterocycles. The quantitative estimate of drug-likeness (QED) is 0.527. The van der Waals surface area contributed by atoms with E-state index in [-0.39, 0.29) is 33.4 Å². The molecular formula is C21H18F2N6O. The molecule has 7 nitrogen and oxygen atoms in total. The molecule has 9 heteroatoms. The lowest BCUT2D eigenvalue weighted by atomic mass is 10.00. The Morgan fingerprint density at radius 2 is 1.83 bits per heavy atom. The van der Waals surface area contributed by atoms with Crippen molar-refractivity contribution in [3.63, 3.8) is 0 Å². The third-order valence-electron chi connectivity index (χ3n) is 5.23. The largest absolute Gasteiger partial charge is 0.508 e. The van der Waals surface area contributed by atoms with Crippen molar-refractivity contribution in [2.24, 2.45) is 0 Å². The first-order valence-electron chi connectivity index (χ1n) is 9.61. The van der Waals surface area contributed by atoms with Crippen molar-refractivity contribution in [2.45, 2.75) is 6.92 Å². The number of hydrogen-bond acceptors (Lipinski definition) is 7. The highest BCUT2D eigenvalue weighted by Gasteiger charge is 2.23. The first-order chi connectivity index (χ1) is 14.5. The Balaban J connectivity index is 1.77. The van der Waals surface area contributed by atoms with Crippen LogP contribution in [-0.4, -0.2) is 51.5 Å². The molecule has 1 aliphatic rings. The average Bonchev–Trinajstić information content (AvgIpc) is 2.74. The molecule has 1 aliphatic heterocycles. The van der Waals surface area contributed by atoms with Crippen LogP contribution in [0.5, 0.6) is 5.75 Å². The van der Waals surface area contributed by atoms with Gasteiger partial charge in [0.25, 0.3) is 0 Å². The van der Waals surface area contributed by atoms with Gasteiger partial charge in [0.1, 0.15) is 28.6 Å². The molecule has 0 radical (unpaired) electrons. The zero-order chi connectivity index (χ0) is 20.8. The van der Waals surface area contributed by atoms with Gasteiger partial charge in [-0.25, -0.2) is 18.7 Å². The standard InChI is InChI=1S/C21H18F2N6O/c1-11-25-19-17(23)18(14-10-13(30)9-12-3-2-4-15(22)16(12)14)27-28-20(19)21(26-11)29-7-5-24-6-8-29/h2-4,9-10,24,30H,5-8H2,1H3. The zero-order valence-corrected chi connectivity index (χ0v) is 16.2. The maximum Gasteiger partial charge on any atom is 0.179 e. The Morgan fingerprint density at radius 1 is 1.03 bits per heavy atom. The molecular weight excluding hydrogens is 390 g/mol. The number of phenols is 1. The molecule has 1 saturated heterocycles. The molecule has 0 spiro atoms. The lowest BCUT2D eigenvalue weighted by molar-refractivity contribution is 0.476. The Kier molecular flexibility index (Phi) is 4.39. The predicted octanol–water partition coefficient (Wildman–Crippen LogP) is 2.94. The summed E-state index contributed by atoms with van der Waals surface area (Å²) in [5.41, 5.74) is 0.232. The van der Waals surface area contributed by atoms with Crippen LogP contribution in [0.2, 0.25) is 0 Å². The van der Waals surface area contributed by atoms with Crippen molar-refractivity contribution in [1.82, 2.24) is 25.5 Å². The van der Waals surface area contributed by atoms with Gasteiger partial charge in [-0.15, -0.1) is 10.2 Å². The normalized spacial score (nSPS) is 14.6. The number of halogens is 2. The molecule has 5 rings (SSSR count). The zero-order valence-electron chi connectivity index (χ0n) is 16.2. The first kappa shape index (κ1) is 18.6. The molecule has 152 valence electrons. The number of hydrogen-bond donors (Lipinski definition) is 2. The number of nitrogens with one attached hydrogen (secondary N) is 1. The van der Waals surface area contributed by atoms with E-state index in [2.05, 4.69) is 25.5 Å². The fourth-order valence-corrected chi connectivity index (χ4v) is 3.88. The third kappa shape index (κ3) is 2.98. The van der Waals surface area contributed by atoms with E-state index in [9.17, 15) is 9.50 Å². The van der Waals surface area contributed by atoms with Gasteiger partial charge < -0.3 is 15.3 Å². The van der Waals surface area contributed by atoms with E-state index in [1.165, 1.54) is 24.3 Å². The Bertz CT molecular complexity index is 1290. The smallest absolute Gasteiger partial charge is 0.179 e. The van der Waals surface area contributed by atoms with E-state index in [4.69, 9.17) is 0 Å². The van der Waals surface area contributed by atoms with Gasteiger partial charge in [-0.3, -0.25) is 0 Å². The topological polar surface area (TPSA) is 87.1 Å². The van der Waals surface area contributed by atoms with Crippen LogP contribution in [-0.2, 0) is 0 Å². The number of aromatic hydroxyl groups is 1. The van der Waals surface area contributed by atoms with Gasteiger partial charge in [0.15, 0.2) is 17.2 Å². The number of aryl methyl sites for hydroxylation is 1. The van der Waals surface area contributed by atoms with E-state index in [1.54, 1.807) is 13.0 Å². The van der Waals surface area contributed by atoms with E-state index < -0.39 is 11.6 Å². The number of phenolic OH excluding ortho intramolecular Hbond substituents is 1. The molecule has 4 aromatic rings. The molecule has 2 N–H and O–H groups in total. The Hall–Kier alpha value is -3.46. The summed E-state index contributed by atoms with van der Waals surface area (Å²) in [6, 6.07) is 7.16. The Labute approximate surface area is 170 Å². The van der Waals surface area contributed by atoms with Crippen molar-refractivity contribution in [3.05, 3.63) is 47.8 Å². The summed E-state index contributed by atoms with van der Waals surface area (Å²) < 4.78 is 30.2. The lowest BCUT2D eigenvalue weighted by Crippen LogP contribution is -2.44. The molecule has 0 atom stereocenters. The number of anilines is 1. The van der Waals surface area contributed by atoms with Crippen LogP contribution in [0, 0.1) is 18.6 Å². The molecule has 0 saturated carbocycles. The summed E-state index contributed by atoms with van der Waals surface area (Å²) in [5.74, 6) is -0.448. The van der Waals surface area contributed by atoms with E-state index in [0.29, 0.717) is 30.1 Å². The van der Waals surface area contributed by atoms with Crippen LogP contribution < -0.4 is 10.2 Å². The molecule has 0 unspecified atom stereocenters. The van der Waals surface area contributed by atoms with Crippen LogP contribution >= 0.6 is 0 Å². The Morgan fingerprint density at radius 3 is 2.63 bits per heavy atom. The molecule has 0 bridgehead atoms. The summed E-state index contributed by atoms with van der Waals surface area (Å²) in [6.45, 7) is 4.67. The maximum absolute atomic E-state index is 15.6. The summed E-state index contributed by atoms with van der Waals surface area (Å²) in [5, 5.41) is 22.2. The third-order valence-corrected chi connectivity index (χ3v) is 5.23. The minimum Gasteiger partial charge on any atom is -0.508 e. The fourth-order valence-electron chi connectivity index (χ4n) is 3.88. The van der Waals surface area contributed by atoms with E-state index >= 15 is 4.39 Å². The van der Waals surface area contributed by atoms with Crippen LogP contribution in [0.4, 0.5) is 14.6 Å². The van der Waals surface area contributed by atoms with Crippen molar-refractivity contribution >= 4 is 27.6 Å². The number of benzene rings is 2. The molecule has 1 fully saturated rings. The van der Waals surface area contributed by atoms with Gasteiger partial charge >= 0.3 is 0 Å². The molecule has 0 amide bonds. The predicted molar refractivity (Wildman–Crippen MR) is 109 cm³/mol. The summed E-state index contributed by atoms with van der Waals surface area (Å²) >= 11 is 0. The highest BCUT2D eigenvalue weighted by molar-refractivity contribution is 5.99. The summed E-state index contributed by atoms with van der Waals surface area (Å²) in [7, 11) is 0. The van der Waals surface area contributed by atoms with E-state index in [0.717, 1.165) is 13.1 Å². The first-order valence-corrected chi connectivity index (χ1v) is 9.61. The second-order valence-corrected chi connectivity index (χ2v) is 7.22. The molecule has 30 heavy (non-hydrogen) atoms. The molecule has 3 heterocycles. The van der Waals surface area contributed by atoms with Crippen molar-refractivity contribution in [3.8, 4) is 17.0 Å². The lowest BCUT2D eigenvalue weighted by Gasteiger charge is -2.28. The van der Waals surface area contributed by atoms with Crippen molar-refractivity contribution < 1.29 is 13.9 Å². The average molecular weight is 408 g/mol. The van der Waals surface area contributed by atoms with Gasteiger partial charge in [0.05, 0.1) is 0 Å². The highest BCUT2D eigenvalue weighted by Crippen LogP contribution is 2.36. The van der Waals surface area contributed by atoms with Crippen LogP contribution in [0.3, 0.4) is 0 Å². The van der Waals surface area contributed by atoms with Gasteiger partial charge in [0.2, 0.25) is 0 Å². The van der Waals surface area contributed by atoms with Gasteiger partial charge in [-0.2, -0.15) is 0 Å². The fraction of sp³-hybridized carbons (Fsp3) is 0.238. The highest BCUT2D eigenvalue weighted by atomic mass is 19.1. The monoisotopic (exact) mass is 408 g/mol. The van der Waals surface area contributed by atoms with Gasteiger partial charge in [-0.1, -0.05) is 12.1 Å². The van der Waals surface area contributed by atoms with Gasteiger partial charge in [0, 0.05) is 37.1 Å². The summed E-state index contributed by atoms with van der Waals surface area (Å²) in [6.07, 6.45) is 0. The number of piperazine rings is 1. The molecule has 2 aromatic carbocycles. The SMILES string of the molecule is Cc1nc(N2CCNCC2)c2nnc(-c3cc(O)cc4cccc(F)c34)c(F)c2n1. The van der Waals surface area contributed by atoms with Crippen LogP contribution in [0.15, 0.2) is 30.3 Å². The minimum absolute atomic E-state index is 0.0221. The number of fused-ring (bicyclic) bond motifs is 2. The van der Waals surface area contributed by atoms with Crippen LogP contribution in [0.1, 0.15) is 5.82 Å². The molecule has 0 aliphatic carbocycles. The number of nitrogens with zero attached hydrogens (tertiary/aromatic N) is 5. The van der Waals surface area contributed by atoms with Crippen molar-refractivity contribution in [1.29, 1.82) is 0 Å². The number of aromatic nitrogens is 4. The van der Waals surface area contributed by atoms with Gasteiger partial charge in [-0.05, 0) is 30.5 Å². The van der Waals surface area contributed by atoms with Crippen molar-refractivity contribution in [2.75, 3.05) is 31.1 Å². The van der Waals surface area contributed by atoms with Crippen LogP contribution in [0.25, 0.3) is 33.1 Å².